The van der Waals surface area contributed by atoms with Crippen molar-refractivity contribution in [3.8, 4) is 0 Å². The Bertz CT molecular complexity index is 1020. The van der Waals surface area contributed by atoms with Crippen LogP contribution in [0.4, 0.5) is 0 Å². The maximum Gasteiger partial charge on any atom is 0.257 e. The number of nitrogens with one attached hydrogen (secondary N) is 2. The lowest BCUT2D eigenvalue weighted by atomic mass is 10.00. The maximum absolute atomic E-state index is 12.6. The van der Waals surface area contributed by atoms with Gasteiger partial charge in [0.2, 0.25) is 5.55 Å². The summed E-state index contributed by atoms with van der Waals surface area (Å²) in [5.74, 6) is -0.343. The molecule has 0 aliphatic carbocycles. The maximum atomic E-state index is 12.6. The summed E-state index contributed by atoms with van der Waals surface area (Å²) in [7, 11) is 0. The Morgan fingerprint density at radius 3 is 2.68 bits per heavy atom. The van der Waals surface area contributed by atoms with Crippen molar-refractivity contribution in [2.24, 2.45) is 0 Å². The van der Waals surface area contributed by atoms with Crippen molar-refractivity contribution in [2.45, 2.75) is 26.8 Å². The summed E-state index contributed by atoms with van der Waals surface area (Å²) in [5, 5.41) is 12.2. The molecule has 1 atom stereocenters. The van der Waals surface area contributed by atoms with Crippen LogP contribution in [0.25, 0.3) is 11.0 Å². The van der Waals surface area contributed by atoms with Crippen LogP contribution in [0.1, 0.15) is 40.0 Å². The fraction of sp³-hybridized carbons (Fsp3) is 0.200. The Hall–Kier alpha value is -2.59. The van der Waals surface area contributed by atoms with E-state index in [4.69, 9.17) is 21.4 Å². The number of hydrogen-bond donors (Lipinski definition) is 2. The normalized spacial score (nSPS) is 12.2. The zero-order valence-electron chi connectivity index (χ0n) is 14.3. The average molecular weight is 355 g/mol. The van der Waals surface area contributed by atoms with E-state index in [-0.39, 0.29) is 23.1 Å². The van der Waals surface area contributed by atoms with E-state index < -0.39 is 0 Å². The molecular formula is C20H19ClN2O2. The third-order valence-electron chi connectivity index (χ3n) is 4.22. The fourth-order valence-electron chi connectivity index (χ4n) is 2.86. The number of carbonyl (C=O) groups is 1. The Balaban J connectivity index is 1.93. The van der Waals surface area contributed by atoms with Crippen molar-refractivity contribution >= 4 is 28.5 Å². The number of halogens is 1. The number of benzene rings is 2. The van der Waals surface area contributed by atoms with Crippen LogP contribution in [0.15, 0.2) is 46.9 Å². The molecular weight excluding hydrogens is 336 g/mol. The first-order chi connectivity index (χ1) is 11.8. The van der Waals surface area contributed by atoms with Crippen LogP contribution in [0.2, 0.25) is 5.02 Å². The molecule has 0 saturated carbocycles. The molecule has 0 bridgehead atoms. The number of hydrogen-bond acceptors (Lipinski definition) is 3. The van der Waals surface area contributed by atoms with E-state index in [1.807, 2.05) is 32.9 Å². The quantitative estimate of drug-likeness (QED) is 0.717. The van der Waals surface area contributed by atoms with Gasteiger partial charge < -0.3 is 9.73 Å². The highest BCUT2D eigenvalue weighted by atomic mass is 35.5. The van der Waals surface area contributed by atoms with Gasteiger partial charge in [0, 0.05) is 10.4 Å². The molecule has 1 aromatic heterocycles. The SMILES string of the molecule is Cc1ccc(C)c([C@H](C)NC(=O)c2cc3cc(Cl)ccc3oc2=N)c1. The van der Waals surface area contributed by atoms with Crippen molar-refractivity contribution in [1.29, 1.82) is 5.41 Å². The summed E-state index contributed by atoms with van der Waals surface area (Å²) < 4.78 is 5.45. The Morgan fingerprint density at radius 2 is 1.92 bits per heavy atom. The van der Waals surface area contributed by atoms with Crippen molar-refractivity contribution < 1.29 is 9.21 Å². The first-order valence-electron chi connectivity index (χ1n) is 8.01. The molecule has 5 heteroatoms. The van der Waals surface area contributed by atoms with Crippen LogP contribution in [0.3, 0.4) is 0 Å². The highest BCUT2D eigenvalue weighted by Gasteiger charge is 2.16. The summed E-state index contributed by atoms with van der Waals surface area (Å²) in [6, 6.07) is 12.7. The second kappa shape index (κ2) is 6.73. The summed E-state index contributed by atoms with van der Waals surface area (Å²) in [6.07, 6.45) is 0. The lowest BCUT2D eigenvalue weighted by Crippen LogP contribution is -2.31. The third kappa shape index (κ3) is 3.59. The van der Waals surface area contributed by atoms with Gasteiger partial charge in [-0.25, -0.2) is 0 Å². The first kappa shape index (κ1) is 17.2. The highest BCUT2D eigenvalue weighted by Crippen LogP contribution is 2.21. The van der Waals surface area contributed by atoms with Crippen molar-refractivity contribution in [1.82, 2.24) is 5.32 Å². The Labute approximate surface area is 150 Å². The minimum Gasteiger partial charge on any atom is -0.438 e. The molecule has 25 heavy (non-hydrogen) atoms. The molecule has 4 nitrogen and oxygen atoms in total. The number of rotatable bonds is 3. The van der Waals surface area contributed by atoms with Gasteiger partial charge in [0.25, 0.3) is 5.91 Å². The zero-order chi connectivity index (χ0) is 18.1. The van der Waals surface area contributed by atoms with E-state index in [9.17, 15) is 4.79 Å². The standard InChI is InChI=1S/C20H19ClN2O2/c1-11-4-5-12(2)16(8-11)13(3)23-20(24)17-10-14-9-15(21)6-7-18(14)25-19(17)22/h4-10,13,22H,1-3H3,(H,23,24)/t13-/m0/s1. The lowest BCUT2D eigenvalue weighted by Gasteiger charge is -2.17. The highest BCUT2D eigenvalue weighted by molar-refractivity contribution is 6.31. The van der Waals surface area contributed by atoms with E-state index in [0.29, 0.717) is 16.0 Å². The van der Waals surface area contributed by atoms with Crippen molar-refractivity contribution in [2.75, 3.05) is 0 Å². The molecule has 0 aliphatic rings. The van der Waals surface area contributed by atoms with Gasteiger partial charge in [0.05, 0.1) is 6.04 Å². The van der Waals surface area contributed by atoms with Crippen LogP contribution >= 0.6 is 11.6 Å². The molecule has 2 N–H and O–H groups in total. The molecule has 3 aromatic rings. The van der Waals surface area contributed by atoms with E-state index in [2.05, 4.69) is 11.4 Å². The van der Waals surface area contributed by atoms with Crippen LogP contribution in [-0.2, 0) is 0 Å². The molecule has 3 rings (SSSR count). The average Bonchev–Trinajstić information content (AvgIpc) is 2.56. The van der Waals surface area contributed by atoms with Crippen molar-refractivity contribution in [3.05, 3.63) is 75.3 Å². The molecule has 2 aromatic carbocycles. The molecule has 1 amide bonds. The topological polar surface area (TPSA) is 66.1 Å². The van der Waals surface area contributed by atoms with Gasteiger partial charge in [-0.2, -0.15) is 0 Å². The van der Waals surface area contributed by atoms with Crippen LogP contribution in [0, 0.1) is 19.3 Å². The van der Waals surface area contributed by atoms with E-state index >= 15 is 0 Å². The summed E-state index contributed by atoms with van der Waals surface area (Å²) in [6.45, 7) is 5.96. The second-order valence-electron chi connectivity index (χ2n) is 6.23. The molecule has 0 aliphatic heterocycles. The molecule has 0 unspecified atom stereocenters. The van der Waals surface area contributed by atoms with Crippen LogP contribution in [0.5, 0.6) is 0 Å². The molecule has 0 radical (unpaired) electrons. The monoisotopic (exact) mass is 354 g/mol. The minimum atomic E-state index is -0.343. The van der Waals surface area contributed by atoms with Crippen molar-refractivity contribution in [3.63, 3.8) is 0 Å². The molecule has 128 valence electrons. The van der Waals surface area contributed by atoms with E-state index in [1.54, 1.807) is 24.3 Å². The number of amides is 1. The largest absolute Gasteiger partial charge is 0.438 e. The Kier molecular flexibility index (Phi) is 4.64. The number of fused-ring (bicyclic) bond motifs is 1. The molecule has 0 fully saturated rings. The Morgan fingerprint density at radius 1 is 1.16 bits per heavy atom. The van der Waals surface area contributed by atoms with Gasteiger partial charge in [-0.15, -0.1) is 0 Å². The van der Waals surface area contributed by atoms with Crippen LogP contribution in [-0.4, -0.2) is 5.91 Å². The van der Waals surface area contributed by atoms with Crippen LogP contribution < -0.4 is 10.9 Å². The van der Waals surface area contributed by atoms with Gasteiger partial charge in [-0.05, 0) is 56.2 Å². The van der Waals surface area contributed by atoms with E-state index in [1.165, 1.54) is 0 Å². The van der Waals surface area contributed by atoms with Gasteiger partial charge >= 0.3 is 0 Å². The molecule has 1 heterocycles. The number of aryl methyl sites for hydroxylation is 2. The predicted octanol–water partition coefficient (Wildman–Crippen LogP) is 4.67. The van der Waals surface area contributed by atoms with Gasteiger partial charge in [-0.3, -0.25) is 10.2 Å². The smallest absolute Gasteiger partial charge is 0.257 e. The van der Waals surface area contributed by atoms with Gasteiger partial charge in [0.1, 0.15) is 11.1 Å². The lowest BCUT2D eigenvalue weighted by molar-refractivity contribution is 0.0935. The summed E-state index contributed by atoms with van der Waals surface area (Å²) in [4.78, 5) is 12.6. The zero-order valence-corrected chi connectivity index (χ0v) is 15.1. The van der Waals surface area contributed by atoms with E-state index in [0.717, 1.165) is 16.7 Å². The van der Waals surface area contributed by atoms with Gasteiger partial charge in [-0.1, -0.05) is 35.4 Å². The second-order valence-corrected chi connectivity index (χ2v) is 6.66. The predicted molar refractivity (Wildman–Crippen MR) is 98.9 cm³/mol. The third-order valence-corrected chi connectivity index (χ3v) is 4.46. The fourth-order valence-corrected chi connectivity index (χ4v) is 3.04. The summed E-state index contributed by atoms with van der Waals surface area (Å²) in [5.41, 5.74) is 3.85. The van der Waals surface area contributed by atoms with Gasteiger partial charge in [0.15, 0.2) is 0 Å². The molecule has 0 saturated heterocycles. The first-order valence-corrected chi connectivity index (χ1v) is 8.39. The molecule has 0 spiro atoms. The number of carbonyl (C=O) groups excluding carboxylic acids is 1. The summed E-state index contributed by atoms with van der Waals surface area (Å²) >= 11 is 6.00. The minimum absolute atomic E-state index is 0.166.